The molecule has 0 saturated heterocycles. The van der Waals surface area contributed by atoms with Crippen molar-refractivity contribution in [2.45, 2.75) is 58.6 Å². The van der Waals surface area contributed by atoms with Crippen LogP contribution in [0.25, 0.3) is 11.1 Å². The smallest absolute Gasteiger partial charge is 0.286 e. The molecule has 6 heteroatoms. The van der Waals surface area contributed by atoms with E-state index in [0.29, 0.717) is 11.5 Å². The highest BCUT2D eigenvalue weighted by molar-refractivity contribution is 6.01. The van der Waals surface area contributed by atoms with Crippen molar-refractivity contribution in [1.29, 1.82) is 0 Å². The number of carbonyl (C=O) groups excluding carboxylic acids is 2. The summed E-state index contributed by atoms with van der Waals surface area (Å²) in [6.07, 6.45) is 1.49. The Morgan fingerprint density at radius 2 is 2.04 bits per heavy atom. The van der Waals surface area contributed by atoms with Crippen LogP contribution in [0.5, 0.6) is 0 Å². The van der Waals surface area contributed by atoms with Gasteiger partial charge in [0.1, 0.15) is 11.1 Å². The number of nitrogens with one attached hydrogen (secondary N) is 1. The molecule has 0 fully saturated rings. The van der Waals surface area contributed by atoms with Gasteiger partial charge in [0.25, 0.3) is 5.91 Å². The molecule has 1 aliphatic heterocycles. The number of amides is 1. The van der Waals surface area contributed by atoms with Crippen LogP contribution in [-0.2, 0) is 26.3 Å². The number of aromatic nitrogens is 1. The molecule has 0 spiro atoms. The van der Waals surface area contributed by atoms with Crippen molar-refractivity contribution in [2.75, 3.05) is 0 Å². The molecule has 3 rings (SSSR count). The largest absolute Gasteiger partial charge is 0.482 e. The number of fused-ring (bicyclic) bond motifs is 1. The predicted molar refractivity (Wildman–Crippen MR) is 97.4 cm³/mol. The van der Waals surface area contributed by atoms with Crippen molar-refractivity contribution in [3.05, 3.63) is 41.5 Å². The van der Waals surface area contributed by atoms with E-state index in [1.54, 1.807) is 13.8 Å². The summed E-state index contributed by atoms with van der Waals surface area (Å²) < 4.78 is 11.3. The Kier molecular flexibility index (Phi) is 4.38. The minimum Gasteiger partial charge on any atom is -0.482 e. The molecule has 6 nitrogen and oxygen atoms in total. The van der Waals surface area contributed by atoms with E-state index in [4.69, 9.17) is 9.15 Å². The van der Waals surface area contributed by atoms with Gasteiger partial charge in [-0.25, -0.2) is 4.98 Å². The first-order valence-electron chi connectivity index (χ1n) is 8.65. The number of rotatable bonds is 3. The maximum Gasteiger partial charge on any atom is 0.286 e. The van der Waals surface area contributed by atoms with Crippen molar-refractivity contribution < 1.29 is 18.7 Å². The van der Waals surface area contributed by atoms with Crippen molar-refractivity contribution in [3.8, 4) is 0 Å². The number of hydrogen-bond donors (Lipinski definition) is 1. The maximum absolute atomic E-state index is 12.3. The van der Waals surface area contributed by atoms with Gasteiger partial charge in [-0.3, -0.25) is 9.59 Å². The number of allylic oxidation sites excluding steroid dienone is 1. The number of oxazole rings is 1. The molecule has 0 aliphatic carbocycles. The zero-order chi connectivity index (χ0) is 19.1. The summed E-state index contributed by atoms with van der Waals surface area (Å²) in [4.78, 5) is 28.4. The molecule has 1 aliphatic rings. The fourth-order valence-corrected chi connectivity index (χ4v) is 2.85. The summed E-state index contributed by atoms with van der Waals surface area (Å²) in [6.45, 7) is 10.1. The number of ether oxygens (including phenoxy) is 1. The lowest BCUT2D eigenvalue weighted by Crippen LogP contribution is -2.37. The number of hydrogen-bond acceptors (Lipinski definition) is 5. The Morgan fingerprint density at radius 1 is 1.31 bits per heavy atom. The third-order valence-corrected chi connectivity index (χ3v) is 4.20. The van der Waals surface area contributed by atoms with E-state index in [9.17, 15) is 9.59 Å². The zero-order valence-corrected chi connectivity index (χ0v) is 15.8. The Labute approximate surface area is 152 Å². The van der Waals surface area contributed by atoms with Gasteiger partial charge >= 0.3 is 0 Å². The molecule has 0 radical (unpaired) electrons. The summed E-state index contributed by atoms with van der Waals surface area (Å²) in [5.41, 5.74) is 1.93. The lowest BCUT2D eigenvalue weighted by Gasteiger charge is -2.29. The third-order valence-electron chi connectivity index (χ3n) is 4.20. The molecule has 2 heterocycles. The van der Waals surface area contributed by atoms with Gasteiger partial charge in [0.15, 0.2) is 17.1 Å². The topological polar surface area (TPSA) is 81.4 Å². The van der Waals surface area contributed by atoms with Crippen LogP contribution in [0.15, 0.2) is 34.5 Å². The van der Waals surface area contributed by atoms with Gasteiger partial charge in [-0.05, 0) is 37.0 Å². The molecule has 1 aromatic carbocycles. The Bertz CT molecular complexity index is 900. The second-order valence-corrected chi connectivity index (χ2v) is 8.24. The van der Waals surface area contributed by atoms with Gasteiger partial charge in [0, 0.05) is 12.5 Å². The van der Waals surface area contributed by atoms with E-state index in [2.05, 4.69) is 31.1 Å². The number of benzene rings is 1. The van der Waals surface area contributed by atoms with E-state index in [1.165, 1.54) is 6.08 Å². The third kappa shape index (κ3) is 3.95. The quantitative estimate of drug-likeness (QED) is 0.911. The Hall–Kier alpha value is -2.63. The molecule has 2 aromatic rings. The molecule has 1 N–H and O–H groups in total. The molecule has 1 amide bonds. The highest BCUT2D eigenvalue weighted by Crippen LogP contribution is 2.27. The summed E-state index contributed by atoms with van der Waals surface area (Å²) in [7, 11) is 0. The molecule has 26 heavy (non-hydrogen) atoms. The first-order chi connectivity index (χ1) is 12.0. The van der Waals surface area contributed by atoms with Gasteiger partial charge in [-0.15, -0.1) is 0 Å². The monoisotopic (exact) mass is 356 g/mol. The molecular weight excluding hydrogens is 332 g/mol. The highest BCUT2D eigenvalue weighted by atomic mass is 16.5. The van der Waals surface area contributed by atoms with Crippen molar-refractivity contribution >= 4 is 22.8 Å². The zero-order valence-electron chi connectivity index (χ0n) is 15.8. The standard InChI is InChI=1S/C20H24N2O4/c1-19(2,3)12-6-7-15-14(8-12)22-17(25-15)11-21-18(24)16-9-13(23)10-20(4,5)26-16/h6-9H,10-11H2,1-5H3,(H,21,24). The molecule has 0 bridgehead atoms. The first kappa shape index (κ1) is 18.2. The second-order valence-electron chi connectivity index (χ2n) is 8.24. The fourth-order valence-electron chi connectivity index (χ4n) is 2.85. The van der Waals surface area contributed by atoms with E-state index in [-0.39, 0.29) is 29.9 Å². The average molecular weight is 356 g/mol. The van der Waals surface area contributed by atoms with Crippen LogP contribution in [0.3, 0.4) is 0 Å². The number of carbonyl (C=O) groups is 2. The van der Waals surface area contributed by atoms with Gasteiger partial charge < -0.3 is 14.5 Å². The van der Waals surface area contributed by atoms with Crippen LogP contribution >= 0.6 is 0 Å². The Morgan fingerprint density at radius 3 is 2.69 bits per heavy atom. The normalized spacial score (nSPS) is 17.0. The number of ketones is 1. The van der Waals surface area contributed by atoms with Crippen LogP contribution in [0.1, 0.15) is 52.5 Å². The predicted octanol–water partition coefficient (Wildman–Crippen LogP) is 3.39. The van der Waals surface area contributed by atoms with E-state index < -0.39 is 11.5 Å². The maximum atomic E-state index is 12.3. The van der Waals surface area contributed by atoms with Crippen molar-refractivity contribution in [3.63, 3.8) is 0 Å². The summed E-state index contributed by atoms with van der Waals surface area (Å²) in [5, 5.41) is 2.69. The van der Waals surface area contributed by atoms with Crippen molar-refractivity contribution in [2.24, 2.45) is 0 Å². The first-order valence-corrected chi connectivity index (χ1v) is 8.65. The molecule has 0 saturated carbocycles. The average Bonchev–Trinajstić information content (AvgIpc) is 2.91. The molecule has 0 unspecified atom stereocenters. The van der Waals surface area contributed by atoms with Gasteiger partial charge in [-0.2, -0.15) is 0 Å². The Balaban J connectivity index is 1.72. The molecule has 1 aromatic heterocycles. The molecule has 0 atom stereocenters. The van der Waals surface area contributed by atoms with Crippen LogP contribution in [0, 0.1) is 0 Å². The van der Waals surface area contributed by atoms with Crippen LogP contribution in [0.2, 0.25) is 0 Å². The summed E-state index contributed by atoms with van der Waals surface area (Å²) >= 11 is 0. The van der Waals surface area contributed by atoms with Crippen LogP contribution in [-0.4, -0.2) is 22.3 Å². The fraction of sp³-hybridized carbons (Fsp3) is 0.450. The second kappa shape index (κ2) is 6.27. The molecule has 138 valence electrons. The van der Waals surface area contributed by atoms with Gasteiger partial charge in [0.2, 0.25) is 5.89 Å². The summed E-state index contributed by atoms with van der Waals surface area (Å²) in [5.74, 6) is -0.148. The minimum atomic E-state index is -0.681. The lowest BCUT2D eigenvalue weighted by molar-refractivity contribution is -0.131. The summed E-state index contributed by atoms with van der Waals surface area (Å²) in [6, 6.07) is 5.91. The minimum absolute atomic E-state index is 0.0195. The van der Waals surface area contributed by atoms with E-state index >= 15 is 0 Å². The van der Waals surface area contributed by atoms with Crippen molar-refractivity contribution in [1.82, 2.24) is 10.3 Å². The van der Waals surface area contributed by atoms with Crippen LogP contribution in [0.4, 0.5) is 0 Å². The molecular formula is C20H24N2O4. The lowest BCUT2D eigenvalue weighted by atomic mass is 9.87. The number of nitrogens with zero attached hydrogens (tertiary/aromatic N) is 1. The highest BCUT2D eigenvalue weighted by Gasteiger charge is 2.31. The van der Waals surface area contributed by atoms with Crippen LogP contribution < -0.4 is 5.32 Å². The van der Waals surface area contributed by atoms with E-state index in [0.717, 1.165) is 11.1 Å². The van der Waals surface area contributed by atoms with E-state index in [1.807, 2.05) is 18.2 Å². The van der Waals surface area contributed by atoms with Gasteiger partial charge in [-0.1, -0.05) is 26.8 Å². The van der Waals surface area contributed by atoms with Gasteiger partial charge in [0.05, 0.1) is 6.54 Å². The SMILES string of the molecule is CC1(C)CC(=O)C=C(C(=O)NCc2nc3cc(C(C)(C)C)ccc3o2)O1.